The topological polar surface area (TPSA) is 72.3 Å². The molecule has 122 valence electrons. The van der Waals surface area contributed by atoms with Gasteiger partial charge in [0.05, 0.1) is 6.42 Å². The Bertz CT molecular complexity index is 722. The molecule has 1 heterocycles. The number of aryl methyl sites for hydroxylation is 2. The van der Waals surface area contributed by atoms with Crippen LogP contribution >= 0.6 is 11.6 Å². The van der Waals surface area contributed by atoms with Crippen LogP contribution in [0.5, 0.6) is 11.6 Å². The van der Waals surface area contributed by atoms with Crippen LogP contribution in [0.1, 0.15) is 42.0 Å². The zero-order valence-corrected chi connectivity index (χ0v) is 14.3. The highest BCUT2D eigenvalue weighted by atomic mass is 35.5. The summed E-state index contributed by atoms with van der Waals surface area (Å²) in [4.78, 5) is 10.8. The van der Waals surface area contributed by atoms with Gasteiger partial charge in [-0.25, -0.2) is 0 Å². The molecule has 0 aliphatic rings. The van der Waals surface area contributed by atoms with Gasteiger partial charge in [-0.15, -0.1) is 10.2 Å². The number of rotatable bonds is 5. The SMILES string of the molecule is Cc1cc(CC(=O)O)cc(C)c1Oc1cc(C(C)C)c(Cl)nn1. The molecule has 0 radical (unpaired) electrons. The third kappa shape index (κ3) is 4.20. The van der Waals surface area contributed by atoms with E-state index in [1.165, 1.54) is 0 Å². The van der Waals surface area contributed by atoms with E-state index in [1.54, 1.807) is 6.07 Å². The second-order valence-electron chi connectivity index (χ2n) is 5.81. The molecule has 23 heavy (non-hydrogen) atoms. The van der Waals surface area contributed by atoms with Crippen molar-refractivity contribution in [3.05, 3.63) is 45.6 Å². The summed E-state index contributed by atoms with van der Waals surface area (Å²) in [6, 6.07) is 5.40. The van der Waals surface area contributed by atoms with Crippen molar-refractivity contribution >= 4 is 17.6 Å². The highest BCUT2D eigenvalue weighted by Crippen LogP contribution is 2.31. The van der Waals surface area contributed by atoms with Crippen LogP contribution in [0.25, 0.3) is 0 Å². The minimum Gasteiger partial charge on any atom is -0.481 e. The van der Waals surface area contributed by atoms with Crippen LogP contribution < -0.4 is 4.74 Å². The van der Waals surface area contributed by atoms with Crippen molar-refractivity contribution in [1.82, 2.24) is 10.2 Å². The molecule has 0 saturated carbocycles. The normalized spacial score (nSPS) is 10.9. The average molecular weight is 335 g/mol. The first-order valence-electron chi connectivity index (χ1n) is 7.30. The Labute approximate surface area is 140 Å². The fourth-order valence-corrected chi connectivity index (χ4v) is 2.72. The summed E-state index contributed by atoms with van der Waals surface area (Å²) >= 11 is 6.04. The Hall–Kier alpha value is -2.14. The average Bonchev–Trinajstić information content (AvgIpc) is 2.43. The van der Waals surface area contributed by atoms with Gasteiger partial charge in [0.1, 0.15) is 5.75 Å². The number of aromatic nitrogens is 2. The zero-order valence-electron chi connectivity index (χ0n) is 13.6. The molecule has 0 atom stereocenters. The van der Waals surface area contributed by atoms with Gasteiger partial charge in [-0.3, -0.25) is 4.79 Å². The van der Waals surface area contributed by atoms with E-state index in [-0.39, 0.29) is 12.3 Å². The van der Waals surface area contributed by atoms with Crippen molar-refractivity contribution in [2.75, 3.05) is 0 Å². The number of hydrogen-bond donors (Lipinski definition) is 1. The third-order valence-electron chi connectivity index (χ3n) is 3.46. The number of hydrogen-bond acceptors (Lipinski definition) is 4. The lowest BCUT2D eigenvalue weighted by Gasteiger charge is -2.14. The van der Waals surface area contributed by atoms with Gasteiger partial charge in [0, 0.05) is 6.07 Å². The highest BCUT2D eigenvalue weighted by Gasteiger charge is 2.13. The second kappa shape index (κ2) is 6.96. The number of benzene rings is 1. The maximum Gasteiger partial charge on any atom is 0.307 e. The number of nitrogens with zero attached hydrogens (tertiary/aromatic N) is 2. The maximum absolute atomic E-state index is 10.8. The molecular formula is C17H19ClN2O3. The summed E-state index contributed by atoms with van der Waals surface area (Å²) in [7, 11) is 0. The quantitative estimate of drug-likeness (QED) is 0.883. The first-order chi connectivity index (χ1) is 10.8. The molecule has 2 aromatic rings. The van der Waals surface area contributed by atoms with Crippen LogP contribution in [0.15, 0.2) is 18.2 Å². The van der Waals surface area contributed by atoms with Crippen LogP contribution in [0.3, 0.4) is 0 Å². The molecule has 0 amide bonds. The third-order valence-corrected chi connectivity index (χ3v) is 3.75. The molecular weight excluding hydrogens is 316 g/mol. The van der Waals surface area contributed by atoms with E-state index < -0.39 is 5.97 Å². The second-order valence-corrected chi connectivity index (χ2v) is 6.17. The minimum atomic E-state index is -0.859. The van der Waals surface area contributed by atoms with Crippen LogP contribution in [0.2, 0.25) is 5.15 Å². The van der Waals surface area contributed by atoms with Crippen LogP contribution in [-0.2, 0) is 11.2 Å². The van der Waals surface area contributed by atoms with E-state index in [2.05, 4.69) is 10.2 Å². The molecule has 0 saturated heterocycles. The van der Waals surface area contributed by atoms with Gasteiger partial charge >= 0.3 is 5.97 Å². The molecule has 5 nitrogen and oxygen atoms in total. The predicted molar refractivity (Wildman–Crippen MR) is 88.5 cm³/mol. The molecule has 0 bridgehead atoms. The summed E-state index contributed by atoms with van der Waals surface area (Å²) in [5.41, 5.74) is 3.31. The summed E-state index contributed by atoms with van der Waals surface area (Å²) in [6.07, 6.45) is -0.0137. The summed E-state index contributed by atoms with van der Waals surface area (Å²) < 4.78 is 5.87. The van der Waals surface area contributed by atoms with Crippen LogP contribution in [0.4, 0.5) is 0 Å². The number of halogens is 1. The lowest BCUT2D eigenvalue weighted by molar-refractivity contribution is -0.136. The first-order valence-corrected chi connectivity index (χ1v) is 7.68. The predicted octanol–water partition coefficient (Wildman–Crippen LogP) is 4.29. The molecule has 0 spiro atoms. The lowest BCUT2D eigenvalue weighted by Crippen LogP contribution is -2.03. The molecule has 0 fully saturated rings. The van der Waals surface area contributed by atoms with Gasteiger partial charge in [-0.05, 0) is 42.0 Å². The molecule has 1 aromatic heterocycles. The Morgan fingerprint density at radius 2 is 1.83 bits per heavy atom. The monoisotopic (exact) mass is 334 g/mol. The number of ether oxygens (including phenoxy) is 1. The molecule has 1 N–H and O–H groups in total. The van der Waals surface area contributed by atoms with Crippen molar-refractivity contribution in [2.24, 2.45) is 0 Å². The molecule has 1 aromatic carbocycles. The van der Waals surface area contributed by atoms with E-state index in [1.807, 2.05) is 39.8 Å². The molecule has 0 aliphatic heterocycles. The van der Waals surface area contributed by atoms with Crippen LogP contribution in [0, 0.1) is 13.8 Å². The largest absolute Gasteiger partial charge is 0.481 e. The lowest BCUT2D eigenvalue weighted by atomic mass is 10.0. The maximum atomic E-state index is 10.8. The standard InChI is InChI=1S/C17H19ClN2O3/c1-9(2)13-8-14(19-20-17(13)18)23-16-10(3)5-12(6-11(16)4)7-15(21)22/h5-6,8-9H,7H2,1-4H3,(H,21,22). The van der Waals surface area contributed by atoms with E-state index in [0.717, 1.165) is 22.3 Å². The molecule has 6 heteroatoms. The van der Waals surface area contributed by atoms with Crippen molar-refractivity contribution < 1.29 is 14.6 Å². The van der Waals surface area contributed by atoms with Gasteiger partial charge in [0.2, 0.25) is 5.88 Å². The molecule has 0 unspecified atom stereocenters. The number of aliphatic carboxylic acids is 1. The van der Waals surface area contributed by atoms with Gasteiger partial charge in [0.15, 0.2) is 5.15 Å². The fraction of sp³-hybridized carbons (Fsp3) is 0.353. The van der Waals surface area contributed by atoms with Crippen LogP contribution in [-0.4, -0.2) is 21.3 Å². The smallest absolute Gasteiger partial charge is 0.307 e. The van der Waals surface area contributed by atoms with E-state index in [4.69, 9.17) is 21.4 Å². The Morgan fingerprint density at radius 3 is 2.35 bits per heavy atom. The zero-order chi connectivity index (χ0) is 17.1. The van der Waals surface area contributed by atoms with Crippen molar-refractivity contribution in [3.8, 4) is 11.6 Å². The molecule has 0 aliphatic carbocycles. The van der Waals surface area contributed by atoms with Crippen molar-refractivity contribution in [3.63, 3.8) is 0 Å². The summed E-state index contributed by atoms with van der Waals surface area (Å²) in [5, 5.41) is 17.2. The van der Waals surface area contributed by atoms with E-state index >= 15 is 0 Å². The summed E-state index contributed by atoms with van der Waals surface area (Å²) in [6.45, 7) is 7.79. The number of carboxylic acids is 1. The van der Waals surface area contributed by atoms with Gasteiger partial charge < -0.3 is 9.84 Å². The Balaban J connectivity index is 2.33. The summed E-state index contributed by atoms with van der Waals surface area (Å²) in [5.74, 6) is 0.379. The number of carbonyl (C=O) groups is 1. The minimum absolute atomic E-state index is 0.0137. The molecule has 2 rings (SSSR count). The van der Waals surface area contributed by atoms with E-state index in [9.17, 15) is 4.79 Å². The first kappa shape index (κ1) is 17.2. The van der Waals surface area contributed by atoms with Gasteiger partial charge in [0.25, 0.3) is 0 Å². The van der Waals surface area contributed by atoms with Crippen molar-refractivity contribution in [2.45, 2.75) is 40.0 Å². The van der Waals surface area contributed by atoms with Crippen molar-refractivity contribution in [1.29, 1.82) is 0 Å². The van der Waals surface area contributed by atoms with Gasteiger partial charge in [-0.2, -0.15) is 0 Å². The number of carboxylic acid groups (broad SMARTS) is 1. The highest BCUT2D eigenvalue weighted by molar-refractivity contribution is 6.30. The fourth-order valence-electron chi connectivity index (χ4n) is 2.41. The van der Waals surface area contributed by atoms with Gasteiger partial charge in [-0.1, -0.05) is 37.6 Å². The van der Waals surface area contributed by atoms with E-state index in [0.29, 0.717) is 16.8 Å². The Morgan fingerprint density at radius 1 is 1.22 bits per heavy atom. The Kier molecular flexibility index (Phi) is 5.21.